The van der Waals surface area contributed by atoms with E-state index in [4.69, 9.17) is 5.11 Å². The van der Waals surface area contributed by atoms with Gasteiger partial charge in [-0.15, -0.1) is 0 Å². The average Bonchev–Trinajstić information content (AvgIpc) is 2.67. The molecule has 1 atom stereocenters. The highest BCUT2D eigenvalue weighted by molar-refractivity contribution is 5.66. The number of aliphatic carboxylic acids is 1. The van der Waals surface area contributed by atoms with Gasteiger partial charge in [0.05, 0.1) is 0 Å². The summed E-state index contributed by atoms with van der Waals surface area (Å²) in [4.78, 5) is 12.8. The summed E-state index contributed by atoms with van der Waals surface area (Å²) in [7, 11) is 0. The zero-order valence-electron chi connectivity index (χ0n) is 9.54. The minimum atomic E-state index is -0.705. The molecule has 0 bridgehead atoms. The molecule has 0 aliphatic carbocycles. The minimum absolute atomic E-state index is 0.262. The summed E-state index contributed by atoms with van der Waals surface area (Å²) < 4.78 is 0. The molecule has 0 spiro atoms. The average molecular weight is 214 g/mol. The lowest BCUT2D eigenvalue weighted by molar-refractivity contribution is -0.137. The van der Waals surface area contributed by atoms with E-state index in [0.29, 0.717) is 6.04 Å². The van der Waals surface area contributed by atoms with Crippen molar-refractivity contribution in [3.63, 3.8) is 0 Å². The van der Waals surface area contributed by atoms with Crippen molar-refractivity contribution in [2.45, 2.75) is 38.6 Å². The molecule has 0 aromatic carbocycles. The van der Waals surface area contributed by atoms with Crippen LogP contribution in [0.2, 0.25) is 0 Å². The number of likely N-dealkylation sites (tertiary alicyclic amines) is 1. The van der Waals surface area contributed by atoms with Crippen molar-refractivity contribution in [3.05, 3.63) is 0 Å². The quantitative estimate of drug-likeness (QED) is 0.662. The first-order chi connectivity index (χ1) is 7.18. The van der Waals surface area contributed by atoms with Gasteiger partial charge in [-0.1, -0.05) is 0 Å². The van der Waals surface area contributed by atoms with E-state index in [-0.39, 0.29) is 6.42 Å². The fourth-order valence-electron chi connectivity index (χ4n) is 1.92. The number of carboxylic acid groups (broad SMARTS) is 1. The number of hydrogen-bond acceptors (Lipinski definition) is 3. The summed E-state index contributed by atoms with van der Waals surface area (Å²) in [6.45, 7) is 6.57. The molecule has 0 amide bonds. The predicted molar refractivity (Wildman–Crippen MR) is 60.0 cm³/mol. The van der Waals surface area contributed by atoms with Crippen molar-refractivity contribution in [1.29, 1.82) is 0 Å². The highest BCUT2D eigenvalue weighted by Gasteiger charge is 2.11. The van der Waals surface area contributed by atoms with E-state index in [2.05, 4.69) is 10.2 Å². The second kappa shape index (κ2) is 6.80. The van der Waals surface area contributed by atoms with E-state index in [9.17, 15) is 4.79 Å². The molecular weight excluding hydrogens is 192 g/mol. The van der Waals surface area contributed by atoms with E-state index in [0.717, 1.165) is 19.5 Å². The van der Waals surface area contributed by atoms with Gasteiger partial charge >= 0.3 is 5.97 Å². The van der Waals surface area contributed by atoms with Gasteiger partial charge < -0.3 is 15.3 Å². The Hall–Kier alpha value is -0.610. The SMILES string of the molecule is CC(CCC(=O)O)NCCN1CCCC1. The molecule has 1 saturated heterocycles. The second-order valence-corrected chi connectivity index (χ2v) is 4.34. The summed E-state index contributed by atoms with van der Waals surface area (Å²) in [6, 6.07) is 0.309. The van der Waals surface area contributed by atoms with E-state index < -0.39 is 5.97 Å². The van der Waals surface area contributed by atoms with E-state index in [1.54, 1.807) is 0 Å². The molecule has 4 nitrogen and oxygen atoms in total. The Morgan fingerprint density at radius 2 is 2.13 bits per heavy atom. The highest BCUT2D eigenvalue weighted by Crippen LogP contribution is 2.05. The molecule has 1 aliphatic heterocycles. The molecule has 1 rings (SSSR count). The van der Waals surface area contributed by atoms with Crippen molar-refractivity contribution < 1.29 is 9.90 Å². The van der Waals surface area contributed by atoms with Crippen LogP contribution in [0.25, 0.3) is 0 Å². The van der Waals surface area contributed by atoms with Crippen LogP contribution < -0.4 is 5.32 Å². The van der Waals surface area contributed by atoms with Crippen molar-refractivity contribution >= 4 is 5.97 Å². The lowest BCUT2D eigenvalue weighted by atomic mass is 10.2. The maximum atomic E-state index is 10.4. The molecule has 1 heterocycles. The van der Waals surface area contributed by atoms with Gasteiger partial charge in [-0.3, -0.25) is 4.79 Å². The molecule has 4 heteroatoms. The van der Waals surface area contributed by atoms with Crippen LogP contribution in [-0.4, -0.2) is 48.2 Å². The third-order valence-corrected chi connectivity index (χ3v) is 2.91. The smallest absolute Gasteiger partial charge is 0.303 e. The van der Waals surface area contributed by atoms with Gasteiger partial charge in [0.25, 0.3) is 0 Å². The molecule has 0 saturated carbocycles. The first kappa shape index (κ1) is 12.5. The summed E-state index contributed by atoms with van der Waals surface area (Å²) in [5.41, 5.74) is 0. The zero-order valence-corrected chi connectivity index (χ0v) is 9.54. The standard InChI is InChI=1S/C11H22N2O2/c1-10(4-5-11(14)15)12-6-9-13-7-2-3-8-13/h10,12H,2-9H2,1H3,(H,14,15). The number of nitrogens with zero attached hydrogens (tertiary/aromatic N) is 1. The van der Waals surface area contributed by atoms with Crippen LogP contribution in [0.4, 0.5) is 0 Å². The van der Waals surface area contributed by atoms with Crippen LogP contribution in [0.1, 0.15) is 32.6 Å². The van der Waals surface area contributed by atoms with Gasteiger partial charge in [-0.2, -0.15) is 0 Å². The molecular formula is C11H22N2O2. The van der Waals surface area contributed by atoms with E-state index in [1.807, 2.05) is 6.92 Å². The minimum Gasteiger partial charge on any atom is -0.481 e. The highest BCUT2D eigenvalue weighted by atomic mass is 16.4. The normalized spacial score (nSPS) is 19.3. The Bertz CT molecular complexity index is 191. The Morgan fingerprint density at radius 3 is 2.73 bits per heavy atom. The monoisotopic (exact) mass is 214 g/mol. The topological polar surface area (TPSA) is 52.6 Å². The van der Waals surface area contributed by atoms with Crippen molar-refractivity contribution in [2.24, 2.45) is 0 Å². The third-order valence-electron chi connectivity index (χ3n) is 2.91. The molecule has 1 unspecified atom stereocenters. The maximum Gasteiger partial charge on any atom is 0.303 e. The Labute approximate surface area is 91.6 Å². The maximum absolute atomic E-state index is 10.4. The third kappa shape index (κ3) is 5.74. The number of rotatable bonds is 7. The van der Waals surface area contributed by atoms with Crippen LogP contribution in [-0.2, 0) is 4.79 Å². The Balaban J connectivity index is 1.96. The lowest BCUT2D eigenvalue weighted by Crippen LogP contribution is -2.35. The fourth-order valence-corrected chi connectivity index (χ4v) is 1.92. The fraction of sp³-hybridized carbons (Fsp3) is 0.909. The van der Waals surface area contributed by atoms with E-state index in [1.165, 1.54) is 25.9 Å². The van der Waals surface area contributed by atoms with Gasteiger partial charge in [0, 0.05) is 25.6 Å². The molecule has 0 aromatic heterocycles. The molecule has 15 heavy (non-hydrogen) atoms. The molecule has 0 aromatic rings. The van der Waals surface area contributed by atoms with Crippen LogP contribution in [0.3, 0.4) is 0 Å². The number of carbonyl (C=O) groups is 1. The van der Waals surface area contributed by atoms with Crippen molar-refractivity contribution in [2.75, 3.05) is 26.2 Å². The number of carboxylic acids is 1. The molecule has 1 aliphatic rings. The molecule has 0 radical (unpaired) electrons. The molecule has 1 fully saturated rings. The first-order valence-electron chi connectivity index (χ1n) is 5.86. The summed E-state index contributed by atoms with van der Waals surface area (Å²) in [5, 5.41) is 11.9. The van der Waals surface area contributed by atoms with Gasteiger partial charge in [0.15, 0.2) is 0 Å². The first-order valence-corrected chi connectivity index (χ1v) is 5.86. The van der Waals surface area contributed by atoms with Crippen LogP contribution >= 0.6 is 0 Å². The van der Waals surface area contributed by atoms with Crippen molar-refractivity contribution in [3.8, 4) is 0 Å². The van der Waals surface area contributed by atoms with Crippen LogP contribution in [0.15, 0.2) is 0 Å². The Kier molecular flexibility index (Phi) is 5.65. The van der Waals surface area contributed by atoms with Gasteiger partial charge in [-0.05, 0) is 39.3 Å². The predicted octanol–water partition coefficient (Wildman–Crippen LogP) is 0.925. The summed E-state index contributed by atoms with van der Waals surface area (Å²) in [6.07, 6.45) is 3.64. The lowest BCUT2D eigenvalue weighted by Gasteiger charge is -2.17. The van der Waals surface area contributed by atoms with Crippen molar-refractivity contribution in [1.82, 2.24) is 10.2 Å². The molecule has 2 N–H and O–H groups in total. The van der Waals surface area contributed by atoms with Gasteiger partial charge in [0.2, 0.25) is 0 Å². The van der Waals surface area contributed by atoms with Gasteiger partial charge in [-0.25, -0.2) is 0 Å². The van der Waals surface area contributed by atoms with E-state index >= 15 is 0 Å². The Morgan fingerprint density at radius 1 is 1.47 bits per heavy atom. The zero-order chi connectivity index (χ0) is 11.1. The second-order valence-electron chi connectivity index (χ2n) is 4.34. The summed E-state index contributed by atoms with van der Waals surface area (Å²) >= 11 is 0. The number of nitrogens with one attached hydrogen (secondary N) is 1. The molecule has 88 valence electrons. The van der Waals surface area contributed by atoms with Gasteiger partial charge in [0.1, 0.15) is 0 Å². The van der Waals surface area contributed by atoms with Crippen LogP contribution in [0.5, 0.6) is 0 Å². The summed E-state index contributed by atoms with van der Waals surface area (Å²) in [5.74, 6) is -0.705. The number of hydrogen-bond donors (Lipinski definition) is 2. The largest absolute Gasteiger partial charge is 0.481 e. The van der Waals surface area contributed by atoms with Crippen LogP contribution in [0, 0.1) is 0 Å².